The monoisotopic (exact) mass is 518 g/mol. The molecule has 2 nitrogen and oxygen atoms in total. The zero-order valence-electron chi connectivity index (χ0n) is 26.1. The predicted octanol–water partition coefficient (Wildman–Crippen LogP) is 12.1. The van der Waals surface area contributed by atoms with Crippen molar-refractivity contribution in [2.75, 3.05) is 0 Å². The fraction of sp³-hybridized carbons (Fsp3) is 0.914. The molecule has 0 aromatic carbocycles. The fourth-order valence-electron chi connectivity index (χ4n) is 6.07. The SMILES string of the molecule is CCCCCCCCCCCCCCC(CCCCCCCC)c1[nH]cc[n+]1C(C)CCCCCCC. The second kappa shape index (κ2) is 25.5. The molecule has 0 saturated heterocycles. The smallest absolute Gasteiger partial charge is 0.247 e. The maximum atomic E-state index is 3.72. The number of aromatic nitrogens is 2. The van der Waals surface area contributed by atoms with Crippen molar-refractivity contribution in [3.63, 3.8) is 0 Å². The van der Waals surface area contributed by atoms with E-state index in [9.17, 15) is 0 Å². The van der Waals surface area contributed by atoms with E-state index in [1.54, 1.807) is 0 Å². The maximum Gasteiger partial charge on any atom is 0.257 e. The maximum absolute atomic E-state index is 3.72. The molecule has 0 amide bonds. The van der Waals surface area contributed by atoms with Crippen LogP contribution in [0, 0.1) is 0 Å². The summed E-state index contributed by atoms with van der Waals surface area (Å²) >= 11 is 0. The van der Waals surface area contributed by atoms with Gasteiger partial charge in [-0.1, -0.05) is 162 Å². The average molecular weight is 518 g/mol. The van der Waals surface area contributed by atoms with Gasteiger partial charge in [-0.2, -0.15) is 0 Å². The number of aromatic amines is 1. The first-order valence-electron chi connectivity index (χ1n) is 17.3. The third-order valence-electron chi connectivity index (χ3n) is 8.64. The lowest BCUT2D eigenvalue weighted by Crippen LogP contribution is -2.41. The Morgan fingerprint density at radius 1 is 0.514 bits per heavy atom. The van der Waals surface area contributed by atoms with Crippen molar-refractivity contribution in [2.24, 2.45) is 0 Å². The zero-order valence-corrected chi connectivity index (χ0v) is 26.1. The third-order valence-corrected chi connectivity index (χ3v) is 8.64. The summed E-state index contributed by atoms with van der Waals surface area (Å²) in [5.74, 6) is 2.24. The zero-order chi connectivity index (χ0) is 26.8. The summed E-state index contributed by atoms with van der Waals surface area (Å²) in [6.07, 6.45) is 41.3. The number of H-pyrrole nitrogens is 1. The van der Waals surface area contributed by atoms with Crippen LogP contribution in [0.25, 0.3) is 0 Å². The van der Waals surface area contributed by atoms with Gasteiger partial charge in [0, 0.05) is 0 Å². The van der Waals surface area contributed by atoms with Gasteiger partial charge in [-0.3, -0.25) is 0 Å². The summed E-state index contributed by atoms with van der Waals surface area (Å²) in [6, 6.07) is 0.622. The molecule has 0 aliphatic carbocycles. The van der Waals surface area contributed by atoms with Crippen molar-refractivity contribution in [1.29, 1.82) is 0 Å². The van der Waals surface area contributed by atoms with Crippen LogP contribution in [0.5, 0.6) is 0 Å². The Morgan fingerprint density at radius 3 is 1.27 bits per heavy atom. The molecule has 1 N–H and O–H groups in total. The van der Waals surface area contributed by atoms with E-state index in [4.69, 9.17) is 0 Å². The van der Waals surface area contributed by atoms with E-state index in [1.165, 1.54) is 173 Å². The van der Waals surface area contributed by atoms with Gasteiger partial charge in [-0.15, -0.1) is 0 Å². The lowest BCUT2D eigenvalue weighted by molar-refractivity contribution is -0.727. The summed E-state index contributed by atoms with van der Waals surface area (Å²) in [5, 5.41) is 0. The van der Waals surface area contributed by atoms with Gasteiger partial charge in [0.2, 0.25) is 0 Å². The average Bonchev–Trinajstić information content (AvgIpc) is 3.40. The molecule has 0 aliphatic heterocycles. The van der Waals surface area contributed by atoms with E-state index in [1.807, 2.05) is 0 Å². The lowest BCUT2D eigenvalue weighted by Gasteiger charge is -2.17. The highest BCUT2D eigenvalue weighted by Crippen LogP contribution is 2.27. The predicted molar refractivity (Wildman–Crippen MR) is 166 cm³/mol. The van der Waals surface area contributed by atoms with E-state index in [0.29, 0.717) is 12.0 Å². The van der Waals surface area contributed by atoms with Crippen LogP contribution in [0.3, 0.4) is 0 Å². The van der Waals surface area contributed by atoms with Gasteiger partial charge >= 0.3 is 0 Å². The van der Waals surface area contributed by atoms with Crippen molar-refractivity contribution >= 4 is 0 Å². The van der Waals surface area contributed by atoms with E-state index in [-0.39, 0.29) is 0 Å². The topological polar surface area (TPSA) is 19.7 Å². The van der Waals surface area contributed by atoms with Crippen LogP contribution in [-0.4, -0.2) is 4.98 Å². The molecule has 1 rings (SSSR count). The number of imidazole rings is 1. The first kappa shape index (κ1) is 34.2. The molecule has 1 aromatic rings. The highest BCUT2D eigenvalue weighted by atomic mass is 15.1. The van der Waals surface area contributed by atoms with Crippen LogP contribution in [0.4, 0.5) is 0 Å². The Kier molecular flexibility index (Phi) is 23.6. The number of nitrogens with zero attached hydrogens (tertiary/aromatic N) is 1. The minimum atomic E-state index is 0.622. The van der Waals surface area contributed by atoms with Gasteiger partial charge in [0.15, 0.2) is 0 Å². The highest BCUT2D eigenvalue weighted by molar-refractivity contribution is 4.90. The minimum absolute atomic E-state index is 0.622. The van der Waals surface area contributed by atoms with E-state index < -0.39 is 0 Å². The molecule has 0 fully saturated rings. The quantitative estimate of drug-likeness (QED) is 0.0842. The van der Waals surface area contributed by atoms with Crippen molar-refractivity contribution in [3.8, 4) is 0 Å². The number of rotatable bonds is 28. The Morgan fingerprint density at radius 2 is 0.865 bits per heavy atom. The molecule has 2 heteroatoms. The number of nitrogens with one attached hydrogen (secondary N) is 1. The number of hydrogen-bond acceptors (Lipinski definition) is 0. The molecule has 0 spiro atoms. The first-order valence-corrected chi connectivity index (χ1v) is 17.3. The molecule has 37 heavy (non-hydrogen) atoms. The standard InChI is InChI=1S/C35H68N2/c1-5-8-11-14-16-17-18-19-20-21-24-27-30-34(29-26-23-15-12-9-6-2)35-36-31-32-37(35)33(4)28-25-22-13-10-7-3/h31-34H,5-30H2,1-4H3/p+1. The van der Waals surface area contributed by atoms with Gasteiger partial charge in [0.25, 0.3) is 5.82 Å². The Labute approximate surface area is 234 Å². The Hall–Kier alpha value is -0.790. The molecule has 0 radical (unpaired) electrons. The van der Waals surface area contributed by atoms with Crippen LogP contribution >= 0.6 is 0 Å². The van der Waals surface area contributed by atoms with Crippen LogP contribution in [0.1, 0.15) is 212 Å². The van der Waals surface area contributed by atoms with E-state index in [2.05, 4.69) is 49.6 Å². The molecule has 1 heterocycles. The molecule has 0 bridgehead atoms. The summed E-state index contributed by atoms with van der Waals surface area (Å²) in [7, 11) is 0. The summed E-state index contributed by atoms with van der Waals surface area (Å²) in [6.45, 7) is 9.39. The lowest BCUT2D eigenvalue weighted by atomic mass is 9.92. The Balaban J connectivity index is 2.41. The van der Waals surface area contributed by atoms with Crippen LogP contribution < -0.4 is 4.57 Å². The van der Waals surface area contributed by atoms with Crippen LogP contribution in [-0.2, 0) is 0 Å². The van der Waals surface area contributed by atoms with Gasteiger partial charge in [0.05, 0.1) is 12.0 Å². The summed E-state index contributed by atoms with van der Waals surface area (Å²) in [4.78, 5) is 3.72. The van der Waals surface area contributed by atoms with Crippen LogP contribution in [0.2, 0.25) is 0 Å². The fourth-order valence-corrected chi connectivity index (χ4v) is 6.07. The molecule has 218 valence electrons. The van der Waals surface area contributed by atoms with Gasteiger partial charge in [-0.25, -0.2) is 9.55 Å². The molecule has 0 aliphatic rings. The normalized spacial score (nSPS) is 13.3. The van der Waals surface area contributed by atoms with E-state index >= 15 is 0 Å². The van der Waals surface area contributed by atoms with Gasteiger partial charge in [0.1, 0.15) is 12.4 Å². The van der Waals surface area contributed by atoms with Crippen LogP contribution in [0.15, 0.2) is 12.4 Å². The largest absolute Gasteiger partial charge is 0.257 e. The van der Waals surface area contributed by atoms with Crippen molar-refractivity contribution in [3.05, 3.63) is 18.2 Å². The summed E-state index contributed by atoms with van der Waals surface area (Å²) in [5.41, 5.74) is 0. The van der Waals surface area contributed by atoms with Crippen molar-refractivity contribution in [1.82, 2.24) is 4.98 Å². The van der Waals surface area contributed by atoms with Gasteiger partial charge < -0.3 is 0 Å². The first-order chi connectivity index (χ1) is 18.2. The second-order valence-electron chi connectivity index (χ2n) is 12.2. The second-order valence-corrected chi connectivity index (χ2v) is 12.2. The molecule has 1 aromatic heterocycles. The molecule has 0 saturated carbocycles. The van der Waals surface area contributed by atoms with Gasteiger partial charge in [-0.05, 0) is 32.6 Å². The number of hydrogen-bond donors (Lipinski definition) is 1. The third kappa shape index (κ3) is 18.2. The molecule has 2 atom stereocenters. The van der Waals surface area contributed by atoms with E-state index in [0.717, 1.165) is 0 Å². The minimum Gasteiger partial charge on any atom is -0.247 e. The molecule has 2 unspecified atom stereocenters. The highest BCUT2D eigenvalue weighted by Gasteiger charge is 2.25. The summed E-state index contributed by atoms with van der Waals surface area (Å²) < 4.78 is 2.61. The Bertz CT molecular complexity index is 578. The molecular formula is C35H69N2+. The molecular weight excluding hydrogens is 448 g/mol. The van der Waals surface area contributed by atoms with Crippen molar-refractivity contribution < 1.29 is 4.57 Å². The number of unbranched alkanes of at least 4 members (excludes halogenated alkanes) is 20. The van der Waals surface area contributed by atoms with Crippen molar-refractivity contribution in [2.45, 2.75) is 207 Å².